The van der Waals surface area contributed by atoms with Crippen molar-refractivity contribution in [2.45, 2.75) is 12.8 Å². The Kier molecular flexibility index (Phi) is 4.19. The molecule has 0 spiro atoms. The summed E-state index contributed by atoms with van der Waals surface area (Å²) in [6.45, 7) is 0. The molecule has 0 radical (unpaired) electrons. The van der Waals surface area contributed by atoms with E-state index in [1.54, 1.807) is 18.2 Å². The molecule has 0 unspecified atom stereocenters. The lowest BCUT2D eigenvalue weighted by molar-refractivity contribution is -0.107. The fourth-order valence-electron chi connectivity index (χ4n) is 1.13. The molecule has 3 nitrogen and oxygen atoms in total. The molecule has 0 saturated heterocycles. The van der Waals surface area contributed by atoms with Crippen molar-refractivity contribution in [3.63, 3.8) is 0 Å². The SMILES string of the molecule is O=CCCc1cccc(C(=O)OS)c1. The Morgan fingerprint density at radius 2 is 2.29 bits per heavy atom. The van der Waals surface area contributed by atoms with Gasteiger partial charge in [-0.15, -0.1) is 0 Å². The number of carbonyl (C=O) groups excluding carboxylic acids is 2. The van der Waals surface area contributed by atoms with Crippen LogP contribution in [-0.4, -0.2) is 12.3 Å². The Morgan fingerprint density at radius 3 is 2.93 bits per heavy atom. The van der Waals surface area contributed by atoms with Crippen LogP contribution in [0.1, 0.15) is 22.3 Å². The molecule has 1 aromatic carbocycles. The minimum absolute atomic E-state index is 0.448. The summed E-state index contributed by atoms with van der Waals surface area (Å²) in [6, 6.07) is 6.95. The zero-order valence-electron chi connectivity index (χ0n) is 7.47. The first-order valence-electron chi connectivity index (χ1n) is 4.16. The van der Waals surface area contributed by atoms with E-state index >= 15 is 0 Å². The van der Waals surface area contributed by atoms with Crippen molar-refractivity contribution in [3.8, 4) is 0 Å². The fourth-order valence-corrected chi connectivity index (χ4v) is 1.24. The van der Waals surface area contributed by atoms with E-state index in [0.29, 0.717) is 18.4 Å². The van der Waals surface area contributed by atoms with Crippen LogP contribution in [0.15, 0.2) is 24.3 Å². The number of carbonyl (C=O) groups is 2. The van der Waals surface area contributed by atoms with E-state index in [2.05, 4.69) is 17.1 Å². The van der Waals surface area contributed by atoms with Crippen LogP contribution in [-0.2, 0) is 15.4 Å². The van der Waals surface area contributed by atoms with Crippen molar-refractivity contribution in [2.75, 3.05) is 0 Å². The van der Waals surface area contributed by atoms with Gasteiger partial charge in [0, 0.05) is 19.3 Å². The fraction of sp³-hybridized carbons (Fsp3) is 0.200. The van der Waals surface area contributed by atoms with Crippen LogP contribution in [0.5, 0.6) is 0 Å². The minimum atomic E-state index is -0.485. The van der Waals surface area contributed by atoms with E-state index in [9.17, 15) is 9.59 Å². The Bertz CT molecular complexity index is 336. The van der Waals surface area contributed by atoms with Crippen molar-refractivity contribution in [3.05, 3.63) is 35.4 Å². The summed E-state index contributed by atoms with van der Waals surface area (Å²) < 4.78 is 4.28. The molecule has 0 aromatic heterocycles. The molecule has 0 aliphatic carbocycles. The van der Waals surface area contributed by atoms with Crippen molar-refractivity contribution in [2.24, 2.45) is 0 Å². The van der Waals surface area contributed by atoms with Gasteiger partial charge in [-0.2, -0.15) is 0 Å². The lowest BCUT2D eigenvalue weighted by Gasteiger charge is -2.00. The first-order valence-corrected chi connectivity index (χ1v) is 4.52. The van der Waals surface area contributed by atoms with Crippen molar-refractivity contribution in [1.29, 1.82) is 0 Å². The molecule has 1 rings (SSSR count). The van der Waals surface area contributed by atoms with Crippen LogP contribution in [0, 0.1) is 0 Å². The third-order valence-electron chi connectivity index (χ3n) is 1.80. The Labute approximate surface area is 87.7 Å². The molecule has 14 heavy (non-hydrogen) atoms. The average molecular weight is 210 g/mol. The second-order valence-electron chi connectivity index (χ2n) is 2.78. The molecule has 0 fully saturated rings. The van der Waals surface area contributed by atoms with Gasteiger partial charge < -0.3 is 8.98 Å². The van der Waals surface area contributed by atoms with Crippen molar-refractivity contribution >= 4 is 25.2 Å². The van der Waals surface area contributed by atoms with Gasteiger partial charge in [-0.3, -0.25) is 0 Å². The lowest BCUT2D eigenvalue weighted by atomic mass is 10.1. The second kappa shape index (κ2) is 5.44. The van der Waals surface area contributed by atoms with E-state index in [-0.39, 0.29) is 0 Å². The molecule has 0 amide bonds. The van der Waals surface area contributed by atoms with Crippen LogP contribution in [0.4, 0.5) is 0 Å². The minimum Gasteiger partial charge on any atom is -0.391 e. The van der Waals surface area contributed by atoms with Crippen LogP contribution < -0.4 is 0 Å². The number of aldehydes is 1. The van der Waals surface area contributed by atoms with Gasteiger partial charge in [0.1, 0.15) is 6.29 Å². The molecule has 0 bridgehead atoms. The molecule has 4 heteroatoms. The molecular weight excluding hydrogens is 200 g/mol. The highest BCUT2D eigenvalue weighted by molar-refractivity contribution is 7.75. The highest BCUT2D eigenvalue weighted by atomic mass is 32.1. The number of benzene rings is 1. The number of hydrogen-bond acceptors (Lipinski definition) is 4. The smallest absolute Gasteiger partial charge is 0.349 e. The highest BCUT2D eigenvalue weighted by Gasteiger charge is 2.05. The van der Waals surface area contributed by atoms with E-state index in [1.165, 1.54) is 0 Å². The van der Waals surface area contributed by atoms with E-state index in [4.69, 9.17) is 0 Å². The molecule has 0 heterocycles. The summed E-state index contributed by atoms with van der Waals surface area (Å²) in [6.07, 6.45) is 1.94. The number of rotatable bonds is 4. The van der Waals surface area contributed by atoms with E-state index in [1.807, 2.05) is 6.07 Å². The maximum Gasteiger partial charge on any atom is 0.349 e. The maximum atomic E-state index is 11.1. The average Bonchev–Trinajstić information content (AvgIpc) is 2.25. The molecule has 0 aliphatic rings. The second-order valence-corrected chi connectivity index (χ2v) is 2.97. The summed E-state index contributed by atoms with van der Waals surface area (Å²) >= 11 is 3.43. The summed E-state index contributed by atoms with van der Waals surface area (Å²) in [5.74, 6) is -0.485. The monoisotopic (exact) mass is 210 g/mol. The third kappa shape index (κ3) is 2.88. The van der Waals surface area contributed by atoms with Gasteiger partial charge >= 0.3 is 5.97 Å². The van der Waals surface area contributed by atoms with Gasteiger partial charge in [0.25, 0.3) is 0 Å². The number of thiol groups is 1. The molecule has 1 aromatic rings. The zero-order valence-corrected chi connectivity index (χ0v) is 8.37. The van der Waals surface area contributed by atoms with E-state index in [0.717, 1.165) is 11.8 Å². The first kappa shape index (κ1) is 10.8. The number of hydrogen-bond donors (Lipinski definition) is 1. The molecule has 0 aliphatic heterocycles. The van der Waals surface area contributed by atoms with Crippen molar-refractivity contribution < 1.29 is 13.8 Å². The standard InChI is InChI=1S/C10H10O3S/c11-6-2-4-8-3-1-5-9(7-8)10(12)13-14/h1,3,5-7,14H,2,4H2. The molecule has 0 N–H and O–H groups in total. The Morgan fingerprint density at radius 1 is 1.50 bits per heavy atom. The first-order chi connectivity index (χ1) is 6.77. The molecular formula is C10H10O3S. The molecule has 0 saturated carbocycles. The van der Waals surface area contributed by atoms with Gasteiger partial charge in [-0.25, -0.2) is 4.79 Å². The predicted octanol–water partition coefficient (Wildman–Crippen LogP) is 1.82. The van der Waals surface area contributed by atoms with Crippen LogP contribution in [0.2, 0.25) is 0 Å². The number of aryl methyl sites for hydroxylation is 1. The summed E-state index contributed by atoms with van der Waals surface area (Å²) in [4.78, 5) is 21.2. The largest absolute Gasteiger partial charge is 0.391 e. The van der Waals surface area contributed by atoms with Gasteiger partial charge in [0.15, 0.2) is 0 Å². The van der Waals surface area contributed by atoms with Gasteiger partial charge in [0.05, 0.1) is 5.56 Å². The van der Waals surface area contributed by atoms with Crippen molar-refractivity contribution in [1.82, 2.24) is 0 Å². The zero-order chi connectivity index (χ0) is 10.4. The van der Waals surface area contributed by atoms with Crippen LogP contribution in [0.25, 0.3) is 0 Å². The summed E-state index contributed by atoms with van der Waals surface area (Å²) in [7, 11) is 0. The Hall–Kier alpha value is -1.29. The van der Waals surface area contributed by atoms with Gasteiger partial charge in [-0.05, 0) is 24.1 Å². The Balaban J connectivity index is 2.78. The highest BCUT2D eigenvalue weighted by Crippen LogP contribution is 2.08. The predicted molar refractivity (Wildman–Crippen MR) is 55.2 cm³/mol. The lowest BCUT2D eigenvalue weighted by Crippen LogP contribution is -1.99. The summed E-state index contributed by atoms with van der Waals surface area (Å²) in [5.41, 5.74) is 1.39. The van der Waals surface area contributed by atoms with Crippen LogP contribution in [0.3, 0.4) is 0 Å². The molecule has 0 atom stereocenters. The summed E-state index contributed by atoms with van der Waals surface area (Å²) in [5, 5.41) is 0. The van der Waals surface area contributed by atoms with Gasteiger partial charge in [0.2, 0.25) is 0 Å². The van der Waals surface area contributed by atoms with E-state index < -0.39 is 5.97 Å². The third-order valence-corrected chi connectivity index (χ3v) is 1.96. The normalized spacial score (nSPS) is 9.50. The molecule has 74 valence electrons. The topological polar surface area (TPSA) is 43.4 Å². The quantitative estimate of drug-likeness (QED) is 0.468. The van der Waals surface area contributed by atoms with Gasteiger partial charge in [-0.1, -0.05) is 12.1 Å². The maximum absolute atomic E-state index is 11.1. The van der Waals surface area contributed by atoms with Crippen LogP contribution >= 0.6 is 12.9 Å².